The number of benzene rings is 1. The third-order valence-electron chi connectivity index (χ3n) is 3.92. The van der Waals surface area contributed by atoms with Crippen molar-refractivity contribution in [1.29, 1.82) is 0 Å². The molecule has 2 heterocycles. The molecule has 6 nitrogen and oxygen atoms in total. The van der Waals surface area contributed by atoms with Crippen molar-refractivity contribution < 1.29 is 14.3 Å². The zero-order valence-corrected chi connectivity index (χ0v) is 13.4. The Morgan fingerprint density at radius 1 is 1.21 bits per heavy atom. The second kappa shape index (κ2) is 7.23. The molecule has 2 aromatic rings. The molecule has 0 spiro atoms. The van der Waals surface area contributed by atoms with Crippen molar-refractivity contribution in [2.24, 2.45) is 0 Å². The minimum Gasteiger partial charge on any atom is -0.377 e. The van der Waals surface area contributed by atoms with Crippen molar-refractivity contribution in [3.8, 4) is 0 Å². The summed E-state index contributed by atoms with van der Waals surface area (Å²) in [6.07, 6.45) is 1.57. The topological polar surface area (TPSA) is 71.5 Å². The standard InChI is InChI=1S/C18H19N3O3/c1-13-12-24-11-10-21(13)18(23)14-5-7-15(8-6-14)20-17(22)16-4-2-3-9-19-16/h2-9,13H,10-12H2,1H3,(H,20,22). The first kappa shape index (κ1) is 16.1. The molecular formula is C18H19N3O3. The van der Waals surface area contributed by atoms with Crippen LogP contribution in [0.25, 0.3) is 0 Å². The van der Waals surface area contributed by atoms with Crippen molar-refractivity contribution in [3.63, 3.8) is 0 Å². The van der Waals surface area contributed by atoms with Crippen molar-refractivity contribution >= 4 is 17.5 Å². The first-order valence-electron chi connectivity index (χ1n) is 7.86. The first-order chi connectivity index (χ1) is 11.6. The highest BCUT2D eigenvalue weighted by Crippen LogP contribution is 2.15. The zero-order chi connectivity index (χ0) is 16.9. The van der Waals surface area contributed by atoms with E-state index in [2.05, 4.69) is 10.3 Å². The number of ether oxygens (including phenoxy) is 1. The third-order valence-corrected chi connectivity index (χ3v) is 3.92. The fourth-order valence-corrected chi connectivity index (χ4v) is 2.58. The van der Waals surface area contributed by atoms with E-state index in [1.54, 1.807) is 48.7 Å². The molecule has 1 aliphatic heterocycles. The smallest absolute Gasteiger partial charge is 0.274 e. The summed E-state index contributed by atoms with van der Waals surface area (Å²) in [5.41, 5.74) is 1.57. The second-order valence-electron chi connectivity index (χ2n) is 5.67. The van der Waals surface area contributed by atoms with Gasteiger partial charge >= 0.3 is 0 Å². The number of aromatic nitrogens is 1. The molecule has 1 N–H and O–H groups in total. The molecule has 0 saturated carbocycles. The lowest BCUT2D eigenvalue weighted by atomic mass is 10.1. The van der Waals surface area contributed by atoms with E-state index in [1.807, 2.05) is 11.8 Å². The molecule has 1 atom stereocenters. The average Bonchev–Trinajstić information content (AvgIpc) is 2.63. The highest BCUT2D eigenvalue weighted by Gasteiger charge is 2.24. The summed E-state index contributed by atoms with van der Waals surface area (Å²) in [7, 11) is 0. The molecule has 124 valence electrons. The highest BCUT2D eigenvalue weighted by molar-refractivity contribution is 6.03. The van der Waals surface area contributed by atoms with E-state index in [0.29, 0.717) is 36.7 Å². The van der Waals surface area contributed by atoms with Gasteiger partial charge in [0.05, 0.1) is 19.3 Å². The number of hydrogen-bond donors (Lipinski definition) is 1. The molecule has 1 saturated heterocycles. The number of nitrogens with zero attached hydrogens (tertiary/aromatic N) is 2. The maximum atomic E-state index is 12.5. The maximum absolute atomic E-state index is 12.5. The van der Waals surface area contributed by atoms with E-state index in [9.17, 15) is 9.59 Å². The van der Waals surface area contributed by atoms with Crippen molar-refractivity contribution in [2.75, 3.05) is 25.1 Å². The van der Waals surface area contributed by atoms with Gasteiger partial charge in [-0.2, -0.15) is 0 Å². The molecule has 0 bridgehead atoms. The predicted molar refractivity (Wildman–Crippen MR) is 89.9 cm³/mol. The van der Waals surface area contributed by atoms with Gasteiger partial charge in [-0.15, -0.1) is 0 Å². The van der Waals surface area contributed by atoms with Gasteiger partial charge in [-0.25, -0.2) is 0 Å². The summed E-state index contributed by atoms with van der Waals surface area (Å²) in [6.45, 7) is 3.69. The number of carbonyl (C=O) groups excluding carboxylic acids is 2. The van der Waals surface area contributed by atoms with Gasteiger partial charge in [-0.05, 0) is 43.3 Å². The number of nitrogens with one attached hydrogen (secondary N) is 1. The number of pyridine rings is 1. The van der Waals surface area contributed by atoms with Crippen molar-refractivity contribution in [3.05, 3.63) is 59.9 Å². The minimum absolute atomic E-state index is 0.0200. The summed E-state index contributed by atoms with van der Waals surface area (Å²) in [5.74, 6) is -0.301. The van der Waals surface area contributed by atoms with Gasteiger partial charge in [-0.1, -0.05) is 6.07 Å². The molecule has 0 radical (unpaired) electrons. The second-order valence-corrected chi connectivity index (χ2v) is 5.67. The van der Waals surface area contributed by atoms with Gasteiger partial charge in [0.25, 0.3) is 11.8 Å². The van der Waals surface area contributed by atoms with Gasteiger partial charge in [0.2, 0.25) is 0 Å². The monoisotopic (exact) mass is 325 g/mol. The number of amides is 2. The molecule has 24 heavy (non-hydrogen) atoms. The SMILES string of the molecule is CC1COCCN1C(=O)c1ccc(NC(=O)c2ccccn2)cc1. The van der Waals surface area contributed by atoms with Crippen LogP contribution in [0.15, 0.2) is 48.7 Å². The first-order valence-corrected chi connectivity index (χ1v) is 7.86. The van der Waals surface area contributed by atoms with Crippen molar-refractivity contribution in [2.45, 2.75) is 13.0 Å². The van der Waals surface area contributed by atoms with Gasteiger partial charge in [-0.3, -0.25) is 14.6 Å². The summed E-state index contributed by atoms with van der Waals surface area (Å²) in [6, 6.07) is 12.1. The Labute approximate surface area is 140 Å². The molecule has 1 aromatic heterocycles. The molecule has 1 fully saturated rings. The number of morpholine rings is 1. The molecule has 1 aliphatic rings. The Kier molecular flexibility index (Phi) is 4.86. The van der Waals surface area contributed by atoms with Crippen LogP contribution in [0.3, 0.4) is 0 Å². The van der Waals surface area contributed by atoms with Crippen LogP contribution in [0.4, 0.5) is 5.69 Å². The number of carbonyl (C=O) groups is 2. The highest BCUT2D eigenvalue weighted by atomic mass is 16.5. The van der Waals surface area contributed by atoms with Crippen LogP contribution >= 0.6 is 0 Å². The largest absolute Gasteiger partial charge is 0.377 e. The Morgan fingerprint density at radius 2 is 2.00 bits per heavy atom. The number of rotatable bonds is 3. The summed E-state index contributed by atoms with van der Waals surface area (Å²) in [4.78, 5) is 30.4. The average molecular weight is 325 g/mol. The van der Waals surface area contributed by atoms with Crippen LogP contribution < -0.4 is 5.32 Å². The Hall–Kier alpha value is -2.73. The van der Waals surface area contributed by atoms with Crippen LogP contribution in [0.5, 0.6) is 0 Å². The summed E-state index contributed by atoms with van der Waals surface area (Å²) >= 11 is 0. The minimum atomic E-state index is -0.281. The van der Waals surface area contributed by atoms with Crippen LogP contribution in [0, 0.1) is 0 Å². The summed E-state index contributed by atoms with van der Waals surface area (Å²) in [5, 5.41) is 2.77. The molecular weight excluding hydrogens is 306 g/mol. The molecule has 1 aromatic carbocycles. The number of anilines is 1. The molecule has 0 aliphatic carbocycles. The predicted octanol–water partition coefficient (Wildman–Crippen LogP) is 2.19. The van der Waals surface area contributed by atoms with Gasteiger partial charge in [0, 0.05) is 24.0 Å². The van der Waals surface area contributed by atoms with Gasteiger partial charge in [0.15, 0.2) is 0 Å². The molecule has 3 rings (SSSR count). The maximum Gasteiger partial charge on any atom is 0.274 e. The van der Waals surface area contributed by atoms with Crippen LogP contribution in [0.2, 0.25) is 0 Å². The third kappa shape index (κ3) is 3.60. The lowest BCUT2D eigenvalue weighted by molar-refractivity contribution is 0.00359. The van der Waals surface area contributed by atoms with Crippen molar-refractivity contribution in [1.82, 2.24) is 9.88 Å². The molecule has 1 unspecified atom stereocenters. The summed E-state index contributed by atoms with van der Waals surface area (Å²) < 4.78 is 5.36. The fourth-order valence-electron chi connectivity index (χ4n) is 2.58. The Bertz CT molecular complexity index is 716. The van der Waals surface area contributed by atoms with Gasteiger partial charge in [0.1, 0.15) is 5.69 Å². The lowest BCUT2D eigenvalue weighted by Gasteiger charge is -2.33. The van der Waals surface area contributed by atoms with Crippen LogP contribution in [0.1, 0.15) is 27.8 Å². The Morgan fingerprint density at radius 3 is 2.67 bits per heavy atom. The van der Waals surface area contributed by atoms with Crippen LogP contribution in [-0.2, 0) is 4.74 Å². The molecule has 2 amide bonds. The zero-order valence-electron chi connectivity index (χ0n) is 13.4. The Balaban J connectivity index is 1.67. The van der Waals surface area contributed by atoms with E-state index >= 15 is 0 Å². The number of hydrogen-bond acceptors (Lipinski definition) is 4. The fraction of sp³-hybridized carbons (Fsp3) is 0.278. The van der Waals surface area contributed by atoms with Crippen LogP contribution in [-0.4, -0.2) is 47.5 Å². The van der Waals surface area contributed by atoms with Gasteiger partial charge < -0.3 is 15.0 Å². The quantitative estimate of drug-likeness (QED) is 0.939. The van der Waals surface area contributed by atoms with E-state index in [0.717, 1.165) is 0 Å². The lowest BCUT2D eigenvalue weighted by Crippen LogP contribution is -2.47. The van der Waals surface area contributed by atoms with E-state index in [4.69, 9.17) is 4.74 Å². The molecule has 6 heteroatoms. The normalized spacial score (nSPS) is 17.4. The van der Waals surface area contributed by atoms with E-state index in [-0.39, 0.29) is 17.9 Å². The van der Waals surface area contributed by atoms with E-state index in [1.165, 1.54) is 0 Å². The van der Waals surface area contributed by atoms with E-state index < -0.39 is 0 Å².